The number of nitrogens with zero attached hydrogens (tertiary/aromatic N) is 2. The number of anilines is 2. The van der Waals surface area contributed by atoms with Gasteiger partial charge in [-0.25, -0.2) is 16.8 Å². The van der Waals surface area contributed by atoms with Crippen LogP contribution in [0.15, 0.2) is 76.5 Å². The molecule has 0 saturated carbocycles. The van der Waals surface area contributed by atoms with Crippen LogP contribution in [0.25, 0.3) is 0 Å². The number of sulfonamides is 2. The standard InChI is InChI=1S/C29H35N3O5S2/c1-22-8-13-27(14-9-22)39(36,37)32(28-17-10-23(2)20-24(28)3)21-29(33)30-25-11-15-26(16-12-25)38(34,35)31-18-6-4-5-7-19-31/h8-17,20H,4-7,18-19,21H2,1-3H3,(H,30,33). The lowest BCUT2D eigenvalue weighted by atomic mass is 10.1. The second-order valence-electron chi connectivity index (χ2n) is 10.0. The predicted octanol–water partition coefficient (Wildman–Crippen LogP) is 5.01. The van der Waals surface area contributed by atoms with Gasteiger partial charge in [0.1, 0.15) is 6.54 Å². The van der Waals surface area contributed by atoms with Gasteiger partial charge in [0.15, 0.2) is 0 Å². The Bertz CT molecular complexity index is 1530. The molecule has 39 heavy (non-hydrogen) atoms. The highest BCUT2D eigenvalue weighted by atomic mass is 32.2. The van der Waals surface area contributed by atoms with Crippen molar-refractivity contribution in [2.24, 2.45) is 0 Å². The molecule has 0 radical (unpaired) electrons. The number of nitrogens with one attached hydrogen (secondary N) is 1. The molecule has 0 unspecified atom stereocenters. The smallest absolute Gasteiger partial charge is 0.264 e. The minimum atomic E-state index is -4.05. The van der Waals surface area contributed by atoms with Crippen LogP contribution in [0.5, 0.6) is 0 Å². The van der Waals surface area contributed by atoms with Gasteiger partial charge in [0.25, 0.3) is 10.0 Å². The number of rotatable bonds is 8. The highest BCUT2D eigenvalue weighted by molar-refractivity contribution is 7.92. The second-order valence-corrected chi connectivity index (χ2v) is 13.8. The molecule has 10 heteroatoms. The van der Waals surface area contributed by atoms with E-state index in [0.29, 0.717) is 24.5 Å². The molecule has 4 rings (SSSR count). The lowest BCUT2D eigenvalue weighted by molar-refractivity contribution is -0.114. The maximum Gasteiger partial charge on any atom is 0.264 e. The molecule has 1 heterocycles. The van der Waals surface area contributed by atoms with Crippen LogP contribution in [0.2, 0.25) is 0 Å². The molecule has 0 spiro atoms. The Hall–Kier alpha value is -3.21. The number of hydrogen-bond acceptors (Lipinski definition) is 5. The van der Waals surface area contributed by atoms with E-state index in [1.807, 2.05) is 19.9 Å². The third-order valence-corrected chi connectivity index (χ3v) is 10.5. The van der Waals surface area contributed by atoms with Gasteiger partial charge in [-0.05, 0) is 81.6 Å². The second kappa shape index (κ2) is 11.9. The summed E-state index contributed by atoms with van der Waals surface area (Å²) in [5, 5.41) is 2.72. The normalized spacial score (nSPS) is 14.9. The number of carbonyl (C=O) groups excluding carboxylic acids is 1. The lowest BCUT2D eigenvalue weighted by Gasteiger charge is -2.26. The summed E-state index contributed by atoms with van der Waals surface area (Å²) < 4.78 is 56.1. The van der Waals surface area contributed by atoms with Gasteiger partial charge in [0.2, 0.25) is 15.9 Å². The average molecular weight is 570 g/mol. The van der Waals surface area contributed by atoms with Crippen molar-refractivity contribution in [2.75, 3.05) is 29.3 Å². The zero-order valence-electron chi connectivity index (χ0n) is 22.6. The fourth-order valence-corrected chi connectivity index (χ4v) is 7.70. The quantitative estimate of drug-likeness (QED) is 0.411. The van der Waals surface area contributed by atoms with Gasteiger partial charge in [-0.2, -0.15) is 4.31 Å². The molecule has 1 fully saturated rings. The largest absolute Gasteiger partial charge is 0.325 e. The van der Waals surface area contributed by atoms with Crippen LogP contribution in [-0.4, -0.2) is 46.7 Å². The molecule has 8 nitrogen and oxygen atoms in total. The third-order valence-electron chi connectivity index (χ3n) is 6.86. The van der Waals surface area contributed by atoms with Crippen LogP contribution < -0.4 is 9.62 Å². The van der Waals surface area contributed by atoms with Crippen LogP contribution in [0, 0.1) is 20.8 Å². The van der Waals surface area contributed by atoms with E-state index in [4.69, 9.17) is 0 Å². The number of aryl methyl sites for hydroxylation is 3. The van der Waals surface area contributed by atoms with Gasteiger partial charge in [-0.1, -0.05) is 48.2 Å². The van der Waals surface area contributed by atoms with E-state index in [2.05, 4.69) is 5.32 Å². The zero-order chi connectivity index (χ0) is 28.2. The van der Waals surface area contributed by atoms with Crippen molar-refractivity contribution in [2.45, 2.75) is 56.2 Å². The molecule has 1 aliphatic heterocycles. The van der Waals surface area contributed by atoms with E-state index in [0.717, 1.165) is 46.7 Å². The van der Waals surface area contributed by atoms with Gasteiger partial charge in [0.05, 0.1) is 15.5 Å². The number of amides is 1. The Morgan fingerprint density at radius 3 is 1.92 bits per heavy atom. The molecule has 1 N–H and O–H groups in total. The van der Waals surface area contributed by atoms with Crippen molar-refractivity contribution in [3.05, 3.63) is 83.4 Å². The van der Waals surface area contributed by atoms with Crippen molar-refractivity contribution in [3.8, 4) is 0 Å². The molecule has 1 saturated heterocycles. The Morgan fingerprint density at radius 1 is 0.769 bits per heavy atom. The van der Waals surface area contributed by atoms with Gasteiger partial charge < -0.3 is 5.32 Å². The summed E-state index contributed by atoms with van der Waals surface area (Å²) in [6.07, 6.45) is 3.73. The van der Waals surface area contributed by atoms with Crippen molar-refractivity contribution in [1.29, 1.82) is 0 Å². The summed E-state index contributed by atoms with van der Waals surface area (Å²) in [4.78, 5) is 13.4. The molecule has 1 amide bonds. The molecular formula is C29H35N3O5S2. The van der Waals surface area contributed by atoms with Crippen LogP contribution >= 0.6 is 0 Å². The molecule has 0 bridgehead atoms. The Morgan fingerprint density at radius 2 is 1.33 bits per heavy atom. The molecule has 0 aromatic heterocycles. The highest BCUT2D eigenvalue weighted by Gasteiger charge is 2.29. The van der Waals surface area contributed by atoms with Crippen LogP contribution in [0.4, 0.5) is 11.4 Å². The monoisotopic (exact) mass is 569 g/mol. The fraction of sp³-hybridized carbons (Fsp3) is 0.345. The summed E-state index contributed by atoms with van der Waals surface area (Å²) >= 11 is 0. The SMILES string of the molecule is Cc1ccc(S(=O)(=O)N(CC(=O)Nc2ccc(S(=O)(=O)N3CCCCCC3)cc2)c2ccc(C)cc2C)cc1. The first kappa shape index (κ1) is 28.8. The molecule has 0 atom stereocenters. The number of carbonyl (C=O) groups is 1. The fourth-order valence-electron chi connectivity index (χ4n) is 4.69. The number of benzene rings is 3. The van der Waals surface area contributed by atoms with Gasteiger partial charge >= 0.3 is 0 Å². The average Bonchev–Trinajstić information content (AvgIpc) is 3.19. The Kier molecular flexibility index (Phi) is 8.78. The van der Waals surface area contributed by atoms with E-state index in [1.165, 1.54) is 40.7 Å². The van der Waals surface area contributed by atoms with Crippen molar-refractivity contribution in [3.63, 3.8) is 0 Å². The summed E-state index contributed by atoms with van der Waals surface area (Å²) in [6.45, 7) is 6.15. The highest BCUT2D eigenvalue weighted by Crippen LogP contribution is 2.28. The Labute approximate surface area is 231 Å². The van der Waals surface area contributed by atoms with Crippen LogP contribution in [0.1, 0.15) is 42.4 Å². The van der Waals surface area contributed by atoms with Crippen molar-refractivity contribution in [1.82, 2.24) is 4.31 Å². The van der Waals surface area contributed by atoms with E-state index in [1.54, 1.807) is 31.2 Å². The predicted molar refractivity (Wildman–Crippen MR) is 154 cm³/mol. The van der Waals surface area contributed by atoms with Crippen LogP contribution in [-0.2, 0) is 24.8 Å². The van der Waals surface area contributed by atoms with Gasteiger partial charge in [-0.3, -0.25) is 9.10 Å². The molecule has 0 aliphatic carbocycles. The number of hydrogen-bond donors (Lipinski definition) is 1. The topological polar surface area (TPSA) is 104 Å². The zero-order valence-corrected chi connectivity index (χ0v) is 24.2. The molecule has 208 valence electrons. The first-order valence-electron chi connectivity index (χ1n) is 13.1. The summed E-state index contributed by atoms with van der Waals surface area (Å²) in [7, 11) is -7.66. The summed E-state index contributed by atoms with van der Waals surface area (Å²) in [5.41, 5.74) is 3.41. The van der Waals surface area contributed by atoms with E-state index >= 15 is 0 Å². The first-order chi connectivity index (χ1) is 18.5. The maximum atomic E-state index is 13.7. The summed E-state index contributed by atoms with van der Waals surface area (Å²) in [6, 6.07) is 17.9. The third kappa shape index (κ3) is 6.69. The minimum absolute atomic E-state index is 0.0870. The Balaban J connectivity index is 1.56. The lowest BCUT2D eigenvalue weighted by Crippen LogP contribution is -2.38. The van der Waals surface area contributed by atoms with Crippen molar-refractivity contribution < 1.29 is 21.6 Å². The molecule has 1 aliphatic rings. The van der Waals surface area contributed by atoms with Crippen molar-refractivity contribution >= 4 is 37.3 Å². The molecular weight excluding hydrogens is 534 g/mol. The first-order valence-corrected chi connectivity index (χ1v) is 15.9. The van der Waals surface area contributed by atoms with Crippen LogP contribution in [0.3, 0.4) is 0 Å². The maximum absolute atomic E-state index is 13.7. The molecule has 3 aromatic rings. The van der Waals surface area contributed by atoms with Gasteiger partial charge in [0, 0.05) is 18.8 Å². The van der Waals surface area contributed by atoms with Gasteiger partial charge in [-0.15, -0.1) is 0 Å². The minimum Gasteiger partial charge on any atom is -0.325 e. The molecule has 3 aromatic carbocycles. The summed E-state index contributed by atoms with van der Waals surface area (Å²) in [5.74, 6) is -0.547. The van der Waals surface area contributed by atoms with E-state index in [9.17, 15) is 21.6 Å². The van der Waals surface area contributed by atoms with E-state index in [-0.39, 0.29) is 9.79 Å². The van der Waals surface area contributed by atoms with E-state index < -0.39 is 32.5 Å².